The van der Waals surface area contributed by atoms with Crippen molar-refractivity contribution >= 4 is 35.0 Å². The van der Waals surface area contributed by atoms with Crippen LogP contribution in [0.25, 0.3) is 0 Å². The third-order valence-electron chi connectivity index (χ3n) is 6.06. The lowest BCUT2D eigenvalue weighted by Crippen LogP contribution is -2.72. The van der Waals surface area contributed by atoms with E-state index in [0.29, 0.717) is 0 Å². The van der Waals surface area contributed by atoms with E-state index in [1.165, 1.54) is 7.11 Å². The van der Waals surface area contributed by atoms with Crippen molar-refractivity contribution in [2.45, 2.75) is 50.2 Å². The molecule has 0 aromatic rings. The SMILES string of the molecule is CO[C@]1(C)C(=O)C(Cl)=C[C@]2(C)CC[C@H]3[C@H](C)C(=O)O[C@@H]3[C@@]21Cl. The molecule has 0 aromatic heterocycles. The first-order chi connectivity index (χ1) is 10.1. The molecule has 2 fully saturated rings. The summed E-state index contributed by atoms with van der Waals surface area (Å²) in [6.07, 6.45) is 2.68. The van der Waals surface area contributed by atoms with Gasteiger partial charge >= 0.3 is 5.97 Å². The normalized spacial score (nSPS) is 51.0. The van der Waals surface area contributed by atoms with Gasteiger partial charge in [0.1, 0.15) is 11.0 Å². The Morgan fingerprint density at radius 1 is 1.36 bits per heavy atom. The van der Waals surface area contributed by atoms with Gasteiger partial charge in [-0.25, -0.2) is 0 Å². The van der Waals surface area contributed by atoms with Crippen LogP contribution in [0.3, 0.4) is 0 Å². The molecule has 4 nitrogen and oxygen atoms in total. The first kappa shape index (κ1) is 16.3. The number of carbonyl (C=O) groups is 2. The van der Waals surface area contributed by atoms with E-state index >= 15 is 0 Å². The van der Waals surface area contributed by atoms with Crippen molar-refractivity contribution in [1.82, 2.24) is 0 Å². The standard InChI is InChI=1S/C16H20Cl2O4/c1-8-9-5-6-14(2)7-10(17)11(19)15(3,21-4)16(14,18)12(9)22-13(8)20/h7-9,12H,5-6H2,1-4H3/t8-,9-,12-,14-,15+,16+/m0/s1. The number of ether oxygens (including phenoxy) is 2. The molecule has 1 heterocycles. The number of rotatable bonds is 1. The lowest BCUT2D eigenvalue weighted by atomic mass is 9.53. The highest BCUT2D eigenvalue weighted by atomic mass is 35.5. The number of methoxy groups -OCH3 is 1. The second-order valence-corrected chi connectivity index (χ2v) is 8.04. The molecule has 0 aromatic carbocycles. The van der Waals surface area contributed by atoms with Crippen LogP contribution in [0.4, 0.5) is 0 Å². The molecule has 122 valence electrons. The van der Waals surface area contributed by atoms with Gasteiger partial charge in [0.2, 0.25) is 5.78 Å². The minimum Gasteiger partial charge on any atom is -0.460 e. The molecule has 0 spiro atoms. The van der Waals surface area contributed by atoms with Crippen LogP contribution < -0.4 is 0 Å². The minimum absolute atomic E-state index is 0.00868. The van der Waals surface area contributed by atoms with Crippen LogP contribution in [0, 0.1) is 17.3 Å². The molecule has 22 heavy (non-hydrogen) atoms. The van der Waals surface area contributed by atoms with E-state index in [0.717, 1.165) is 12.8 Å². The number of fused-ring (bicyclic) bond motifs is 3. The quantitative estimate of drug-likeness (QED) is 0.540. The molecule has 1 aliphatic heterocycles. The molecule has 1 saturated carbocycles. The molecule has 2 aliphatic carbocycles. The lowest BCUT2D eigenvalue weighted by Gasteiger charge is -2.59. The maximum atomic E-state index is 12.7. The zero-order valence-electron chi connectivity index (χ0n) is 13.1. The van der Waals surface area contributed by atoms with E-state index in [4.69, 9.17) is 32.7 Å². The molecule has 3 rings (SSSR count). The van der Waals surface area contributed by atoms with Crippen LogP contribution in [0.15, 0.2) is 11.1 Å². The summed E-state index contributed by atoms with van der Waals surface area (Å²) < 4.78 is 11.2. The maximum absolute atomic E-state index is 12.7. The summed E-state index contributed by atoms with van der Waals surface area (Å²) in [6.45, 7) is 5.46. The molecular formula is C16H20Cl2O4. The molecule has 0 N–H and O–H groups in total. The number of hydrogen-bond donors (Lipinski definition) is 0. The predicted molar refractivity (Wildman–Crippen MR) is 82.8 cm³/mol. The Balaban J connectivity index is 2.22. The zero-order valence-corrected chi connectivity index (χ0v) is 14.6. The van der Waals surface area contributed by atoms with Crippen molar-refractivity contribution in [3.63, 3.8) is 0 Å². The predicted octanol–water partition coefficient (Wildman–Crippen LogP) is 3.05. The lowest BCUT2D eigenvalue weighted by molar-refractivity contribution is -0.169. The van der Waals surface area contributed by atoms with Crippen LogP contribution >= 0.6 is 23.2 Å². The van der Waals surface area contributed by atoms with Gasteiger partial charge in [0.05, 0.1) is 11.0 Å². The van der Waals surface area contributed by atoms with Gasteiger partial charge in [-0.05, 0) is 19.8 Å². The molecule has 6 atom stereocenters. The summed E-state index contributed by atoms with van der Waals surface area (Å²) in [5.74, 6) is -0.848. The summed E-state index contributed by atoms with van der Waals surface area (Å²) in [7, 11) is 1.45. The minimum atomic E-state index is -1.34. The first-order valence-corrected chi connectivity index (χ1v) is 8.25. The molecule has 0 radical (unpaired) electrons. The Hall–Kier alpha value is -0.580. The third kappa shape index (κ3) is 1.64. The third-order valence-corrected chi connectivity index (χ3v) is 7.35. The van der Waals surface area contributed by atoms with Crippen molar-refractivity contribution in [3.8, 4) is 0 Å². The molecule has 0 amide bonds. The largest absolute Gasteiger partial charge is 0.460 e. The van der Waals surface area contributed by atoms with Crippen LogP contribution in [-0.2, 0) is 19.1 Å². The average Bonchev–Trinajstić information content (AvgIpc) is 2.76. The van der Waals surface area contributed by atoms with Crippen molar-refractivity contribution < 1.29 is 19.1 Å². The van der Waals surface area contributed by atoms with Crippen molar-refractivity contribution in [2.75, 3.05) is 7.11 Å². The highest BCUT2D eigenvalue weighted by molar-refractivity contribution is 6.45. The molecule has 6 heteroatoms. The van der Waals surface area contributed by atoms with Gasteiger partial charge in [0.25, 0.3) is 0 Å². The number of carbonyl (C=O) groups excluding carboxylic acids is 2. The van der Waals surface area contributed by atoms with E-state index < -0.39 is 22.0 Å². The summed E-state index contributed by atoms with van der Waals surface area (Å²) in [5, 5.41) is 0.138. The van der Waals surface area contributed by atoms with Crippen LogP contribution in [0.2, 0.25) is 0 Å². The van der Waals surface area contributed by atoms with Gasteiger partial charge in [0.15, 0.2) is 5.60 Å². The van der Waals surface area contributed by atoms with Gasteiger partial charge in [-0.3, -0.25) is 9.59 Å². The Morgan fingerprint density at radius 2 is 2.00 bits per heavy atom. The molecule has 0 unspecified atom stereocenters. The van der Waals surface area contributed by atoms with Gasteiger partial charge in [-0.2, -0.15) is 0 Å². The number of esters is 1. The molecule has 3 aliphatic rings. The number of alkyl halides is 1. The van der Waals surface area contributed by atoms with Gasteiger partial charge in [0, 0.05) is 18.4 Å². The van der Waals surface area contributed by atoms with E-state index in [1.54, 1.807) is 13.0 Å². The highest BCUT2D eigenvalue weighted by Crippen LogP contribution is 2.63. The number of ketones is 1. The highest BCUT2D eigenvalue weighted by Gasteiger charge is 2.73. The first-order valence-electron chi connectivity index (χ1n) is 7.50. The molecular weight excluding hydrogens is 327 g/mol. The van der Waals surface area contributed by atoms with E-state index in [-0.39, 0.29) is 28.6 Å². The Kier molecular flexibility index (Phi) is 3.49. The van der Waals surface area contributed by atoms with E-state index in [9.17, 15) is 9.59 Å². The van der Waals surface area contributed by atoms with E-state index in [1.807, 2.05) is 13.8 Å². The summed E-state index contributed by atoms with van der Waals surface area (Å²) >= 11 is 13.3. The van der Waals surface area contributed by atoms with Gasteiger partial charge < -0.3 is 9.47 Å². The van der Waals surface area contributed by atoms with E-state index in [2.05, 4.69) is 0 Å². The fraction of sp³-hybridized carbons (Fsp3) is 0.750. The van der Waals surface area contributed by atoms with Crippen molar-refractivity contribution in [1.29, 1.82) is 0 Å². The second kappa shape index (κ2) is 4.71. The molecule has 1 saturated heterocycles. The zero-order chi connectivity index (χ0) is 16.5. The monoisotopic (exact) mass is 346 g/mol. The Bertz CT molecular complexity index is 589. The number of allylic oxidation sites excluding steroid dienone is 1. The van der Waals surface area contributed by atoms with Gasteiger partial charge in [-0.1, -0.05) is 31.5 Å². The second-order valence-electron chi connectivity index (χ2n) is 7.04. The van der Waals surface area contributed by atoms with Crippen molar-refractivity contribution in [2.24, 2.45) is 17.3 Å². The number of halogens is 2. The fourth-order valence-electron chi connectivity index (χ4n) is 4.48. The maximum Gasteiger partial charge on any atom is 0.309 e. The number of Topliss-reactive ketones (excluding diaryl/α,β-unsaturated/α-hetero) is 1. The Labute approximate surface area is 140 Å². The van der Waals surface area contributed by atoms with Gasteiger partial charge in [-0.15, -0.1) is 11.6 Å². The topological polar surface area (TPSA) is 52.6 Å². The number of hydrogen-bond acceptors (Lipinski definition) is 4. The summed E-state index contributed by atoms with van der Waals surface area (Å²) in [5.41, 5.74) is -1.93. The summed E-state index contributed by atoms with van der Waals surface area (Å²) in [4.78, 5) is 23.6. The van der Waals surface area contributed by atoms with Crippen LogP contribution in [-0.4, -0.2) is 35.4 Å². The Morgan fingerprint density at radius 3 is 2.59 bits per heavy atom. The van der Waals surface area contributed by atoms with Crippen LogP contribution in [0.1, 0.15) is 33.6 Å². The fourth-order valence-corrected chi connectivity index (χ4v) is 5.42. The van der Waals surface area contributed by atoms with Crippen molar-refractivity contribution in [3.05, 3.63) is 11.1 Å². The smallest absolute Gasteiger partial charge is 0.309 e. The van der Waals surface area contributed by atoms with Crippen LogP contribution in [0.5, 0.6) is 0 Å². The average molecular weight is 347 g/mol. The molecule has 0 bridgehead atoms. The summed E-state index contributed by atoms with van der Waals surface area (Å²) in [6, 6.07) is 0.